The van der Waals surface area contributed by atoms with Gasteiger partial charge < -0.3 is 26.2 Å². The van der Waals surface area contributed by atoms with Crippen molar-refractivity contribution in [1.82, 2.24) is 5.32 Å². The first-order valence-electron chi connectivity index (χ1n) is 19.2. The van der Waals surface area contributed by atoms with Gasteiger partial charge in [-0.25, -0.2) is 4.57 Å². The minimum atomic E-state index is -4.40. The maximum atomic E-state index is 12.7. The molecule has 0 rings (SSSR count). The molecule has 0 radical (unpaired) electrons. The number of nitrogens with one attached hydrogen (secondary N) is 1. The molecule has 9 nitrogen and oxygen atoms in total. The lowest BCUT2D eigenvalue weighted by Gasteiger charge is -2.24. The first-order valence-corrected chi connectivity index (χ1v) is 20.7. The van der Waals surface area contributed by atoms with Crippen LogP contribution in [-0.2, 0) is 18.4 Å². The van der Waals surface area contributed by atoms with Crippen LogP contribution in [0.1, 0.15) is 162 Å². The molecule has 0 spiro atoms. The van der Waals surface area contributed by atoms with Gasteiger partial charge in [0, 0.05) is 6.54 Å². The number of hydrogen-bond acceptors (Lipinski definition) is 7. The van der Waals surface area contributed by atoms with Gasteiger partial charge in [-0.2, -0.15) is 0 Å². The van der Waals surface area contributed by atoms with Gasteiger partial charge in [0.05, 0.1) is 37.9 Å². The summed E-state index contributed by atoms with van der Waals surface area (Å²) >= 11 is 0. The summed E-state index contributed by atoms with van der Waals surface area (Å²) in [6, 6.07) is -1.00. The fourth-order valence-corrected chi connectivity index (χ4v) is 6.06. The summed E-state index contributed by atoms with van der Waals surface area (Å²) in [7, 11) is -4.40. The molecule has 0 aliphatic rings. The fourth-order valence-electron chi connectivity index (χ4n) is 5.30. The first kappa shape index (κ1) is 46.7. The molecule has 4 unspecified atom stereocenters. The van der Waals surface area contributed by atoms with Crippen molar-refractivity contribution in [2.45, 2.75) is 180 Å². The van der Waals surface area contributed by atoms with E-state index in [0.717, 1.165) is 44.9 Å². The average molecular weight is 701 g/mol. The summed E-state index contributed by atoms with van der Waals surface area (Å²) in [4.78, 5) is 22.6. The molecule has 10 heteroatoms. The number of aliphatic hydroxyl groups excluding tert-OH is 2. The number of nitrogens with two attached hydrogens (primary N) is 1. The average Bonchev–Trinajstić information content (AvgIpc) is 3.06. The standard InChI is InChI=1S/C38H73N2O7P/c1-3-5-7-9-11-13-15-16-17-18-19-20-22-24-26-28-30-37(42)36(34-47-48(44,45)46-32-31-39)40-38(43)33-35(41)29-27-25-23-21-14-12-10-8-6-4-2/h12,14,20,22,28,30,35-37,41-42H,3-11,13,15-19,21,23-27,29,31-34,39H2,1-2H3,(H,40,43)(H,44,45)/b14-12-,22-20+,30-28+. The van der Waals surface area contributed by atoms with Gasteiger partial charge in [-0.05, 0) is 57.8 Å². The third kappa shape index (κ3) is 31.9. The molecule has 4 atom stereocenters. The third-order valence-electron chi connectivity index (χ3n) is 8.24. The lowest BCUT2D eigenvalue weighted by Crippen LogP contribution is -2.46. The van der Waals surface area contributed by atoms with E-state index in [4.69, 9.17) is 14.8 Å². The molecule has 0 bridgehead atoms. The minimum Gasteiger partial charge on any atom is -0.393 e. The molecule has 0 fully saturated rings. The van der Waals surface area contributed by atoms with Gasteiger partial charge in [-0.1, -0.05) is 134 Å². The van der Waals surface area contributed by atoms with E-state index >= 15 is 0 Å². The number of allylic oxidation sites excluding steroid dienone is 5. The highest BCUT2D eigenvalue weighted by molar-refractivity contribution is 7.47. The zero-order valence-electron chi connectivity index (χ0n) is 30.6. The van der Waals surface area contributed by atoms with Crippen molar-refractivity contribution in [2.75, 3.05) is 19.8 Å². The Kier molecular flexibility index (Phi) is 33.2. The van der Waals surface area contributed by atoms with E-state index in [1.807, 2.05) is 6.08 Å². The van der Waals surface area contributed by atoms with Crippen LogP contribution >= 0.6 is 7.82 Å². The molecule has 6 N–H and O–H groups in total. The second kappa shape index (κ2) is 34.1. The molecule has 0 saturated heterocycles. The quantitative estimate of drug-likeness (QED) is 0.0250. The lowest BCUT2D eigenvalue weighted by atomic mass is 10.1. The molecule has 0 aliphatic carbocycles. The molecule has 0 aromatic rings. The summed E-state index contributed by atoms with van der Waals surface area (Å²) < 4.78 is 22.0. The topological polar surface area (TPSA) is 151 Å². The smallest absolute Gasteiger partial charge is 0.393 e. The number of aliphatic hydroxyl groups is 2. The summed E-state index contributed by atoms with van der Waals surface area (Å²) in [6.45, 7) is 3.88. The van der Waals surface area contributed by atoms with E-state index in [2.05, 4.69) is 43.5 Å². The van der Waals surface area contributed by atoms with Crippen LogP contribution in [0.5, 0.6) is 0 Å². The molecule has 0 saturated carbocycles. The van der Waals surface area contributed by atoms with Crippen LogP contribution in [0.4, 0.5) is 0 Å². The number of hydrogen-bond donors (Lipinski definition) is 5. The monoisotopic (exact) mass is 701 g/mol. The van der Waals surface area contributed by atoms with Gasteiger partial charge in [0.15, 0.2) is 0 Å². The summed E-state index contributed by atoms with van der Waals surface area (Å²) in [6.07, 6.45) is 35.2. The molecule has 0 heterocycles. The van der Waals surface area contributed by atoms with E-state index < -0.39 is 38.6 Å². The lowest BCUT2D eigenvalue weighted by molar-refractivity contribution is -0.124. The number of rotatable bonds is 35. The van der Waals surface area contributed by atoms with Crippen LogP contribution in [0, 0.1) is 0 Å². The number of carbonyl (C=O) groups excluding carboxylic acids is 1. The number of amides is 1. The molecule has 282 valence electrons. The van der Waals surface area contributed by atoms with Crippen molar-refractivity contribution in [3.8, 4) is 0 Å². The summed E-state index contributed by atoms with van der Waals surface area (Å²) in [5, 5.41) is 23.8. The zero-order chi connectivity index (χ0) is 35.6. The Morgan fingerprint density at radius 3 is 1.77 bits per heavy atom. The van der Waals surface area contributed by atoms with Crippen LogP contribution in [0.3, 0.4) is 0 Å². The molecular weight excluding hydrogens is 627 g/mol. The van der Waals surface area contributed by atoms with Crippen LogP contribution in [0.25, 0.3) is 0 Å². The zero-order valence-corrected chi connectivity index (χ0v) is 31.5. The van der Waals surface area contributed by atoms with E-state index in [9.17, 15) is 24.5 Å². The maximum Gasteiger partial charge on any atom is 0.472 e. The second-order valence-corrected chi connectivity index (χ2v) is 14.4. The summed E-state index contributed by atoms with van der Waals surface area (Å²) in [5.74, 6) is -0.468. The molecule has 1 amide bonds. The van der Waals surface area contributed by atoms with Crippen LogP contribution in [0.15, 0.2) is 36.5 Å². The van der Waals surface area contributed by atoms with Gasteiger partial charge >= 0.3 is 7.82 Å². The van der Waals surface area contributed by atoms with Crippen molar-refractivity contribution in [1.29, 1.82) is 0 Å². The Hall–Kier alpha value is -1.32. The maximum absolute atomic E-state index is 12.7. The SMILES string of the molecule is CCCCC/C=C\CCCCCC(O)CC(=O)NC(COP(=O)(O)OCCN)C(O)/C=C/CC/C=C/CCCCCCCCCCCC. The van der Waals surface area contributed by atoms with Crippen LogP contribution in [0.2, 0.25) is 0 Å². The van der Waals surface area contributed by atoms with Gasteiger partial charge in [0.1, 0.15) is 0 Å². The van der Waals surface area contributed by atoms with E-state index in [1.165, 1.54) is 83.5 Å². The molecule has 0 aliphatic heterocycles. The van der Waals surface area contributed by atoms with E-state index in [-0.39, 0.29) is 19.6 Å². The predicted molar refractivity (Wildman–Crippen MR) is 200 cm³/mol. The molecular formula is C38H73N2O7P. The molecule has 0 aromatic heterocycles. The van der Waals surface area contributed by atoms with Crippen LogP contribution < -0.4 is 11.1 Å². The predicted octanol–water partition coefficient (Wildman–Crippen LogP) is 8.97. The number of carbonyl (C=O) groups is 1. The highest BCUT2D eigenvalue weighted by Crippen LogP contribution is 2.43. The van der Waals surface area contributed by atoms with Gasteiger partial charge in [-0.3, -0.25) is 13.8 Å². The molecule has 48 heavy (non-hydrogen) atoms. The highest BCUT2D eigenvalue weighted by Gasteiger charge is 2.27. The van der Waals surface area contributed by atoms with Crippen molar-refractivity contribution in [3.05, 3.63) is 36.5 Å². The van der Waals surface area contributed by atoms with Crippen molar-refractivity contribution in [3.63, 3.8) is 0 Å². The van der Waals surface area contributed by atoms with Crippen molar-refractivity contribution in [2.24, 2.45) is 5.73 Å². The van der Waals surface area contributed by atoms with Gasteiger partial charge in [-0.15, -0.1) is 0 Å². The van der Waals surface area contributed by atoms with Gasteiger partial charge in [0.2, 0.25) is 5.91 Å². The normalized spacial score (nSPS) is 15.4. The van der Waals surface area contributed by atoms with Crippen LogP contribution in [-0.4, -0.2) is 59.0 Å². The van der Waals surface area contributed by atoms with Crippen molar-refractivity contribution < 1.29 is 33.5 Å². The molecule has 0 aromatic carbocycles. The number of unbranched alkanes of at least 4 members (excludes halogenated alkanes) is 17. The second-order valence-electron chi connectivity index (χ2n) is 13.0. The van der Waals surface area contributed by atoms with E-state index in [1.54, 1.807) is 6.08 Å². The largest absolute Gasteiger partial charge is 0.472 e. The Morgan fingerprint density at radius 1 is 0.708 bits per heavy atom. The highest BCUT2D eigenvalue weighted by atomic mass is 31.2. The number of phosphoric ester groups is 1. The fraction of sp³-hybridized carbons (Fsp3) is 0.816. The Labute approximate surface area is 293 Å². The first-order chi connectivity index (χ1) is 23.3. The number of phosphoric acid groups is 1. The van der Waals surface area contributed by atoms with Crippen molar-refractivity contribution >= 4 is 13.7 Å². The summed E-state index contributed by atoms with van der Waals surface area (Å²) in [5.41, 5.74) is 5.34. The third-order valence-corrected chi connectivity index (χ3v) is 9.23. The Bertz CT molecular complexity index is 868. The Morgan fingerprint density at radius 2 is 1.19 bits per heavy atom. The Balaban J connectivity index is 4.51. The van der Waals surface area contributed by atoms with Gasteiger partial charge in [0.25, 0.3) is 0 Å². The minimum absolute atomic E-state index is 0.0424. The van der Waals surface area contributed by atoms with E-state index in [0.29, 0.717) is 12.8 Å².